The van der Waals surface area contributed by atoms with Gasteiger partial charge in [-0.3, -0.25) is 0 Å². The lowest BCUT2D eigenvalue weighted by Crippen LogP contribution is -2.05. The van der Waals surface area contributed by atoms with E-state index in [0.717, 1.165) is 25.7 Å². The van der Waals surface area contributed by atoms with Gasteiger partial charge < -0.3 is 5.32 Å². The van der Waals surface area contributed by atoms with Crippen molar-refractivity contribution in [3.63, 3.8) is 0 Å². The van der Waals surface area contributed by atoms with Gasteiger partial charge in [-0.15, -0.1) is 6.58 Å². The second-order valence-electron chi connectivity index (χ2n) is 3.66. The van der Waals surface area contributed by atoms with Gasteiger partial charge in [-0.1, -0.05) is 18.6 Å². The lowest BCUT2D eigenvalue weighted by atomic mass is 10.2. The van der Waals surface area contributed by atoms with Crippen LogP contribution in [-0.2, 0) is 0 Å². The van der Waals surface area contributed by atoms with Crippen molar-refractivity contribution in [2.45, 2.75) is 25.7 Å². The van der Waals surface area contributed by atoms with E-state index >= 15 is 0 Å². The number of para-hydroxylation sites is 1. The zero-order chi connectivity index (χ0) is 11.8. The van der Waals surface area contributed by atoms with Crippen molar-refractivity contribution in [2.24, 2.45) is 0 Å². The highest BCUT2D eigenvalue weighted by molar-refractivity contribution is 5.45. The van der Waals surface area contributed by atoms with Crippen LogP contribution >= 0.6 is 0 Å². The van der Waals surface area contributed by atoms with Crippen LogP contribution in [-0.4, -0.2) is 6.54 Å². The molecule has 0 aliphatic carbocycles. The minimum absolute atomic E-state index is 0.0220. The molecule has 1 rings (SSSR count). The Morgan fingerprint density at radius 3 is 2.44 bits per heavy atom. The Balaban J connectivity index is 2.29. The van der Waals surface area contributed by atoms with Crippen molar-refractivity contribution in [1.82, 2.24) is 0 Å². The van der Waals surface area contributed by atoms with E-state index in [-0.39, 0.29) is 5.69 Å². The summed E-state index contributed by atoms with van der Waals surface area (Å²) < 4.78 is 26.3. The summed E-state index contributed by atoms with van der Waals surface area (Å²) in [4.78, 5) is 0. The molecule has 1 aromatic carbocycles. The van der Waals surface area contributed by atoms with Crippen LogP contribution in [0.25, 0.3) is 0 Å². The maximum atomic E-state index is 13.2. The molecule has 0 amide bonds. The van der Waals surface area contributed by atoms with Gasteiger partial charge in [-0.05, 0) is 31.4 Å². The van der Waals surface area contributed by atoms with E-state index < -0.39 is 11.6 Å². The molecule has 0 bridgehead atoms. The summed E-state index contributed by atoms with van der Waals surface area (Å²) in [5.74, 6) is -1.07. The SMILES string of the molecule is C=CCCCCCNc1c(F)cccc1F. The van der Waals surface area contributed by atoms with E-state index in [9.17, 15) is 8.78 Å². The second-order valence-corrected chi connectivity index (χ2v) is 3.66. The van der Waals surface area contributed by atoms with Crippen LogP contribution in [0.4, 0.5) is 14.5 Å². The average Bonchev–Trinajstić information content (AvgIpc) is 2.26. The van der Waals surface area contributed by atoms with Crippen LogP contribution in [0.3, 0.4) is 0 Å². The summed E-state index contributed by atoms with van der Waals surface area (Å²) in [5.41, 5.74) is -0.0220. The number of halogens is 2. The highest BCUT2D eigenvalue weighted by atomic mass is 19.1. The van der Waals surface area contributed by atoms with Crippen LogP contribution in [0.5, 0.6) is 0 Å². The van der Waals surface area contributed by atoms with Crippen LogP contribution < -0.4 is 5.32 Å². The average molecular weight is 225 g/mol. The molecule has 0 aliphatic heterocycles. The van der Waals surface area contributed by atoms with Crippen molar-refractivity contribution < 1.29 is 8.78 Å². The molecule has 88 valence electrons. The fourth-order valence-corrected chi connectivity index (χ4v) is 1.47. The first-order chi connectivity index (χ1) is 7.75. The van der Waals surface area contributed by atoms with Gasteiger partial charge in [0.2, 0.25) is 0 Å². The highest BCUT2D eigenvalue weighted by Gasteiger charge is 2.06. The first-order valence-corrected chi connectivity index (χ1v) is 5.54. The third kappa shape index (κ3) is 4.01. The van der Waals surface area contributed by atoms with E-state index in [1.165, 1.54) is 18.2 Å². The predicted molar refractivity (Wildman–Crippen MR) is 63.5 cm³/mol. The molecule has 0 radical (unpaired) electrons. The fraction of sp³-hybridized carbons (Fsp3) is 0.385. The Kier molecular flexibility index (Phi) is 5.54. The minimum Gasteiger partial charge on any atom is -0.380 e. The van der Waals surface area contributed by atoms with E-state index in [1.807, 2.05) is 6.08 Å². The number of anilines is 1. The van der Waals surface area contributed by atoms with Gasteiger partial charge >= 0.3 is 0 Å². The molecule has 0 spiro atoms. The zero-order valence-corrected chi connectivity index (χ0v) is 9.31. The van der Waals surface area contributed by atoms with Gasteiger partial charge in [0.15, 0.2) is 0 Å². The molecule has 1 aromatic rings. The summed E-state index contributed by atoms with van der Waals surface area (Å²) in [6.45, 7) is 4.23. The van der Waals surface area contributed by atoms with Gasteiger partial charge in [0.25, 0.3) is 0 Å². The number of nitrogens with one attached hydrogen (secondary N) is 1. The molecule has 0 saturated carbocycles. The van der Waals surface area contributed by atoms with E-state index in [2.05, 4.69) is 11.9 Å². The first-order valence-electron chi connectivity index (χ1n) is 5.54. The Morgan fingerprint density at radius 1 is 1.12 bits per heavy atom. The monoisotopic (exact) mass is 225 g/mol. The van der Waals surface area contributed by atoms with Crippen molar-refractivity contribution in [2.75, 3.05) is 11.9 Å². The van der Waals surface area contributed by atoms with Crippen LogP contribution in [0.1, 0.15) is 25.7 Å². The summed E-state index contributed by atoms with van der Waals surface area (Å²) in [6.07, 6.45) is 5.89. The number of hydrogen-bond acceptors (Lipinski definition) is 1. The lowest BCUT2D eigenvalue weighted by molar-refractivity contribution is 0.586. The molecule has 0 unspecified atom stereocenters. The maximum absolute atomic E-state index is 13.2. The first kappa shape index (κ1) is 12.7. The summed E-state index contributed by atoms with van der Waals surface area (Å²) >= 11 is 0. The van der Waals surface area contributed by atoms with Crippen molar-refractivity contribution in [3.8, 4) is 0 Å². The molecule has 0 atom stereocenters. The number of rotatable bonds is 7. The van der Waals surface area contributed by atoms with Crippen LogP contribution in [0.2, 0.25) is 0 Å². The van der Waals surface area contributed by atoms with E-state index in [1.54, 1.807) is 0 Å². The molecule has 0 saturated heterocycles. The number of unbranched alkanes of at least 4 members (excludes halogenated alkanes) is 3. The number of hydrogen-bond donors (Lipinski definition) is 1. The third-order valence-corrected chi connectivity index (χ3v) is 2.35. The van der Waals surface area contributed by atoms with Gasteiger partial charge in [-0.25, -0.2) is 8.78 Å². The quantitative estimate of drug-likeness (QED) is 0.543. The standard InChI is InChI=1S/C13H17F2N/c1-2-3-4-5-6-10-16-13-11(14)8-7-9-12(13)15/h2,7-9,16H,1,3-6,10H2. The van der Waals surface area contributed by atoms with E-state index in [0.29, 0.717) is 6.54 Å². The smallest absolute Gasteiger partial charge is 0.149 e. The minimum atomic E-state index is -0.536. The summed E-state index contributed by atoms with van der Waals surface area (Å²) in [7, 11) is 0. The predicted octanol–water partition coefficient (Wildman–Crippen LogP) is 4.12. The maximum Gasteiger partial charge on any atom is 0.149 e. The van der Waals surface area contributed by atoms with Gasteiger partial charge in [-0.2, -0.15) is 0 Å². The number of allylic oxidation sites excluding steroid dienone is 1. The zero-order valence-electron chi connectivity index (χ0n) is 9.31. The van der Waals surface area contributed by atoms with Crippen LogP contribution in [0, 0.1) is 11.6 Å². The molecule has 0 aromatic heterocycles. The Bertz CT molecular complexity index is 316. The van der Waals surface area contributed by atoms with E-state index in [4.69, 9.17) is 0 Å². The van der Waals surface area contributed by atoms with Crippen molar-refractivity contribution in [1.29, 1.82) is 0 Å². The van der Waals surface area contributed by atoms with Gasteiger partial charge in [0.05, 0.1) is 0 Å². The largest absolute Gasteiger partial charge is 0.380 e. The normalized spacial score (nSPS) is 10.1. The Hall–Kier alpha value is -1.38. The summed E-state index contributed by atoms with van der Waals surface area (Å²) in [6, 6.07) is 3.87. The third-order valence-electron chi connectivity index (χ3n) is 2.35. The van der Waals surface area contributed by atoms with Crippen molar-refractivity contribution >= 4 is 5.69 Å². The van der Waals surface area contributed by atoms with Gasteiger partial charge in [0, 0.05) is 6.54 Å². The Morgan fingerprint density at radius 2 is 1.81 bits per heavy atom. The van der Waals surface area contributed by atoms with Crippen LogP contribution in [0.15, 0.2) is 30.9 Å². The molecule has 16 heavy (non-hydrogen) atoms. The lowest BCUT2D eigenvalue weighted by Gasteiger charge is -2.07. The topological polar surface area (TPSA) is 12.0 Å². The molecule has 3 heteroatoms. The molecular weight excluding hydrogens is 208 g/mol. The molecule has 0 fully saturated rings. The molecule has 1 N–H and O–H groups in total. The van der Waals surface area contributed by atoms with Crippen molar-refractivity contribution in [3.05, 3.63) is 42.5 Å². The number of benzene rings is 1. The fourth-order valence-electron chi connectivity index (χ4n) is 1.47. The molecule has 1 nitrogen and oxygen atoms in total. The second kappa shape index (κ2) is 6.99. The molecule has 0 heterocycles. The highest BCUT2D eigenvalue weighted by Crippen LogP contribution is 2.17. The summed E-state index contributed by atoms with van der Waals surface area (Å²) in [5, 5.41) is 2.78. The molecular formula is C13H17F2N. The molecule has 0 aliphatic rings. The Labute approximate surface area is 95.2 Å². The van der Waals surface area contributed by atoms with Gasteiger partial charge in [0.1, 0.15) is 17.3 Å².